The molecule has 2 rings (SSSR count). The average molecular weight is 256 g/mol. The molecule has 0 fully saturated rings. The first-order valence-electron chi connectivity index (χ1n) is 5.51. The van der Waals surface area contributed by atoms with Crippen LogP contribution in [0.4, 0.5) is 0 Å². The van der Waals surface area contributed by atoms with E-state index in [0.717, 1.165) is 23.3 Å². The summed E-state index contributed by atoms with van der Waals surface area (Å²) >= 11 is 6.14. The van der Waals surface area contributed by atoms with Crippen molar-refractivity contribution in [2.75, 3.05) is 6.61 Å². The Kier molecular flexibility index (Phi) is 3.54. The van der Waals surface area contributed by atoms with Gasteiger partial charge < -0.3 is 15.6 Å². The molecular formula is C12H14ClNO3. The quantitative estimate of drug-likeness (QED) is 0.865. The Labute approximate surface area is 104 Å². The van der Waals surface area contributed by atoms with Crippen LogP contribution in [0, 0.1) is 0 Å². The molecule has 1 unspecified atom stereocenters. The van der Waals surface area contributed by atoms with Gasteiger partial charge in [-0.15, -0.1) is 0 Å². The summed E-state index contributed by atoms with van der Waals surface area (Å²) in [6.07, 6.45) is 1.21. The van der Waals surface area contributed by atoms with E-state index < -0.39 is 5.97 Å². The van der Waals surface area contributed by atoms with Crippen LogP contribution in [0.25, 0.3) is 0 Å². The molecule has 1 atom stereocenters. The highest BCUT2D eigenvalue weighted by Crippen LogP contribution is 2.37. The zero-order valence-corrected chi connectivity index (χ0v) is 10.0. The number of hydrogen-bond acceptors (Lipinski definition) is 3. The van der Waals surface area contributed by atoms with Crippen LogP contribution < -0.4 is 10.5 Å². The van der Waals surface area contributed by atoms with Crippen LogP contribution in [0.3, 0.4) is 0 Å². The number of carboxylic acids is 1. The Hall–Kier alpha value is -1.26. The molecule has 92 valence electrons. The highest BCUT2D eigenvalue weighted by molar-refractivity contribution is 6.31. The minimum absolute atomic E-state index is 0.0437. The minimum Gasteiger partial charge on any atom is -0.493 e. The fourth-order valence-electron chi connectivity index (χ4n) is 2.10. The summed E-state index contributed by atoms with van der Waals surface area (Å²) in [5, 5.41) is 9.25. The molecule has 17 heavy (non-hydrogen) atoms. The van der Waals surface area contributed by atoms with E-state index in [1.165, 1.54) is 0 Å². The Morgan fingerprint density at radius 2 is 2.35 bits per heavy atom. The number of ether oxygens (including phenoxy) is 1. The van der Waals surface area contributed by atoms with Gasteiger partial charge in [-0.05, 0) is 24.1 Å². The molecule has 1 heterocycles. The van der Waals surface area contributed by atoms with Gasteiger partial charge in [-0.25, -0.2) is 0 Å². The molecule has 1 aromatic rings. The lowest BCUT2D eigenvalue weighted by molar-refractivity contribution is -0.137. The van der Waals surface area contributed by atoms with Crippen LogP contribution in [-0.4, -0.2) is 17.7 Å². The molecule has 0 radical (unpaired) electrons. The summed E-state index contributed by atoms with van der Waals surface area (Å²) < 4.78 is 5.44. The van der Waals surface area contributed by atoms with Gasteiger partial charge in [0.2, 0.25) is 0 Å². The van der Waals surface area contributed by atoms with E-state index in [9.17, 15) is 4.79 Å². The number of halogens is 1. The number of aliphatic carboxylic acids is 1. The first-order valence-corrected chi connectivity index (χ1v) is 5.89. The maximum atomic E-state index is 10.5. The standard InChI is InChI=1S/C12H14ClNO3/c13-8-1-3-10-7(5-6-17-10)12(8)9(14)2-4-11(15)16/h1,3,9H,2,4-6,14H2,(H,15,16). The molecule has 5 heteroatoms. The van der Waals surface area contributed by atoms with Gasteiger partial charge >= 0.3 is 5.97 Å². The van der Waals surface area contributed by atoms with Gasteiger partial charge in [0.25, 0.3) is 0 Å². The lowest BCUT2D eigenvalue weighted by atomic mass is 9.96. The predicted molar refractivity (Wildman–Crippen MR) is 64.4 cm³/mol. The Balaban J connectivity index is 2.25. The Morgan fingerprint density at radius 1 is 1.59 bits per heavy atom. The van der Waals surface area contributed by atoms with E-state index >= 15 is 0 Å². The van der Waals surface area contributed by atoms with Crippen molar-refractivity contribution < 1.29 is 14.6 Å². The maximum Gasteiger partial charge on any atom is 0.303 e. The second-order valence-corrected chi connectivity index (χ2v) is 4.48. The van der Waals surface area contributed by atoms with Crippen molar-refractivity contribution in [2.24, 2.45) is 5.73 Å². The van der Waals surface area contributed by atoms with Crippen molar-refractivity contribution in [3.05, 3.63) is 28.3 Å². The second kappa shape index (κ2) is 4.94. The maximum absolute atomic E-state index is 10.5. The molecule has 0 saturated heterocycles. The van der Waals surface area contributed by atoms with E-state index in [-0.39, 0.29) is 12.5 Å². The third-order valence-corrected chi connectivity index (χ3v) is 3.24. The topological polar surface area (TPSA) is 72.6 Å². The van der Waals surface area contributed by atoms with Crippen molar-refractivity contribution >= 4 is 17.6 Å². The fraction of sp³-hybridized carbons (Fsp3) is 0.417. The highest BCUT2D eigenvalue weighted by atomic mass is 35.5. The second-order valence-electron chi connectivity index (χ2n) is 4.08. The van der Waals surface area contributed by atoms with E-state index in [2.05, 4.69) is 0 Å². The van der Waals surface area contributed by atoms with Crippen molar-refractivity contribution in [2.45, 2.75) is 25.3 Å². The lowest BCUT2D eigenvalue weighted by Crippen LogP contribution is -2.14. The van der Waals surface area contributed by atoms with Gasteiger partial charge in [-0.3, -0.25) is 4.79 Å². The summed E-state index contributed by atoms with van der Waals surface area (Å²) in [4.78, 5) is 10.5. The van der Waals surface area contributed by atoms with Crippen LogP contribution in [0.1, 0.15) is 30.0 Å². The minimum atomic E-state index is -0.847. The average Bonchev–Trinajstić information content (AvgIpc) is 2.73. The third-order valence-electron chi connectivity index (χ3n) is 2.91. The number of carboxylic acid groups (broad SMARTS) is 1. The molecule has 1 aliphatic rings. The number of carbonyl (C=O) groups is 1. The van der Waals surface area contributed by atoms with Crippen molar-refractivity contribution in [3.8, 4) is 5.75 Å². The zero-order chi connectivity index (χ0) is 12.4. The molecule has 0 aliphatic carbocycles. The Bertz CT molecular complexity index is 448. The van der Waals surface area contributed by atoms with Gasteiger partial charge in [0.15, 0.2) is 0 Å². The summed E-state index contributed by atoms with van der Waals surface area (Å²) in [6, 6.07) is 3.23. The lowest BCUT2D eigenvalue weighted by Gasteiger charge is -2.16. The predicted octanol–water partition coefficient (Wildman–Crippen LogP) is 2.14. The van der Waals surface area contributed by atoms with Crippen molar-refractivity contribution in [3.63, 3.8) is 0 Å². The Morgan fingerprint density at radius 3 is 3.06 bits per heavy atom. The smallest absolute Gasteiger partial charge is 0.303 e. The third kappa shape index (κ3) is 2.53. The summed E-state index contributed by atoms with van der Waals surface area (Å²) in [5.74, 6) is -0.0319. The van der Waals surface area contributed by atoms with E-state index in [1.54, 1.807) is 6.07 Å². The first-order chi connectivity index (χ1) is 8.09. The molecule has 3 N–H and O–H groups in total. The van der Waals surface area contributed by atoms with Crippen molar-refractivity contribution in [1.82, 2.24) is 0 Å². The molecule has 0 aromatic heterocycles. The molecule has 1 aliphatic heterocycles. The SMILES string of the molecule is NC(CCC(=O)O)c1c(Cl)ccc2c1CCO2. The van der Waals surface area contributed by atoms with E-state index in [4.69, 9.17) is 27.2 Å². The summed E-state index contributed by atoms with van der Waals surface area (Å²) in [7, 11) is 0. The number of hydrogen-bond donors (Lipinski definition) is 2. The van der Waals surface area contributed by atoms with Crippen LogP contribution in [0.15, 0.2) is 12.1 Å². The number of nitrogens with two attached hydrogens (primary N) is 1. The number of rotatable bonds is 4. The van der Waals surface area contributed by atoms with Gasteiger partial charge in [0.05, 0.1) is 6.61 Å². The molecule has 1 aromatic carbocycles. The van der Waals surface area contributed by atoms with Crippen LogP contribution in [-0.2, 0) is 11.2 Å². The largest absolute Gasteiger partial charge is 0.493 e. The van der Waals surface area contributed by atoms with Crippen LogP contribution in [0.2, 0.25) is 5.02 Å². The number of fused-ring (bicyclic) bond motifs is 1. The molecule has 0 amide bonds. The first kappa shape index (κ1) is 12.2. The summed E-state index contributed by atoms with van der Waals surface area (Å²) in [5.41, 5.74) is 7.87. The van der Waals surface area contributed by atoms with Gasteiger partial charge in [0.1, 0.15) is 5.75 Å². The monoisotopic (exact) mass is 255 g/mol. The molecular weight excluding hydrogens is 242 g/mol. The van der Waals surface area contributed by atoms with Crippen LogP contribution in [0.5, 0.6) is 5.75 Å². The fourth-order valence-corrected chi connectivity index (χ4v) is 2.41. The highest BCUT2D eigenvalue weighted by Gasteiger charge is 2.22. The van der Waals surface area contributed by atoms with E-state index in [1.807, 2.05) is 6.07 Å². The van der Waals surface area contributed by atoms with Gasteiger partial charge in [-0.2, -0.15) is 0 Å². The zero-order valence-electron chi connectivity index (χ0n) is 9.28. The molecule has 4 nitrogen and oxygen atoms in total. The van der Waals surface area contributed by atoms with Gasteiger partial charge in [0, 0.05) is 29.5 Å². The normalized spacial score (nSPS) is 15.2. The molecule has 0 bridgehead atoms. The van der Waals surface area contributed by atoms with Crippen molar-refractivity contribution in [1.29, 1.82) is 0 Å². The summed E-state index contributed by atoms with van der Waals surface area (Å²) in [6.45, 7) is 0.633. The molecule has 0 saturated carbocycles. The van der Waals surface area contributed by atoms with E-state index in [0.29, 0.717) is 18.1 Å². The van der Waals surface area contributed by atoms with Gasteiger partial charge in [-0.1, -0.05) is 11.6 Å². The van der Waals surface area contributed by atoms with Crippen LogP contribution >= 0.6 is 11.6 Å². The number of benzene rings is 1. The molecule has 0 spiro atoms.